The number of rotatable bonds is 6. The molecule has 0 aliphatic heterocycles. The van der Waals surface area contributed by atoms with Crippen molar-refractivity contribution in [1.82, 2.24) is 24.1 Å². The highest BCUT2D eigenvalue weighted by atomic mass is 32.1. The Hall–Kier alpha value is -8.19. The lowest BCUT2D eigenvalue weighted by molar-refractivity contribution is 1.08. The molecule has 294 valence electrons. The molecular weight excluding hydrogens is 787 g/mol. The van der Waals surface area contributed by atoms with Gasteiger partial charge in [-0.15, -0.1) is 11.3 Å². The highest BCUT2D eigenvalue weighted by Gasteiger charge is 2.19. The largest absolute Gasteiger partial charge is 0.309 e. The first-order valence-corrected chi connectivity index (χ1v) is 22.0. The van der Waals surface area contributed by atoms with Gasteiger partial charge in [0, 0.05) is 69.8 Å². The van der Waals surface area contributed by atoms with Gasteiger partial charge in [-0.1, -0.05) is 140 Å². The molecule has 0 N–H and O–H groups in total. The van der Waals surface area contributed by atoms with E-state index in [4.69, 9.17) is 15.0 Å². The summed E-state index contributed by atoms with van der Waals surface area (Å²) in [6.07, 6.45) is 0. The van der Waals surface area contributed by atoms with E-state index in [2.05, 4.69) is 185 Å². The highest BCUT2D eigenvalue weighted by Crippen LogP contribution is 2.43. The molecule has 0 aliphatic rings. The molecule has 4 heterocycles. The van der Waals surface area contributed by atoms with Gasteiger partial charge in [-0.05, 0) is 83.9 Å². The Morgan fingerprint density at radius 2 is 0.794 bits per heavy atom. The number of aromatic nitrogens is 5. The van der Waals surface area contributed by atoms with Crippen LogP contribution in [0.15, 0.2) is 212 Å². The second-order valence-electron chi connectivity index (χ2n) is 16.0. The number of nitrogens with zero attached hydrogens (tertiary/aromatic N) is 5. The molecule has 5 nitrogen and oxygen atoms in total. The summed E-state index contributed by atoms with van der Waals surface area (Å²) in [7, 11) is 0. The third kappa shape index (κ3) is 5.73. The van der Waals surface area contributed by atoms with Gasteiger partial charge in [-0.2, -0.15) is 0 Å². The monoisotopic (exact) mass is 821 g/mol. The molecule has 13 aromatic rings. The van der Waals surface area contributed by atoms with Gasteiger partial charge in [-0.25, -0.2) is 15.0 Å². The summed E-state index contributed by atoms with van der Waals surface area (Å²) in [6, 6.07) is 75.7. The Morgan fingerprint density at radius 1 is 0.302 bits per heavy atom. The average Bonchev–Trinajstić information content (AvgIpc) is 4.01. The maximum absolute atomic E-state index is 5.10. The molecule has 0 amide bonds. The van der Waals surface area contributed by atoms with Gasteiger partial charge < -0.3 is 9.13 Å². The van der Waals surface area contributed by atoms with Crippen LogP contribution in [0.5, 0.6) is 0 Å². The number of hydrogen-bond acceptors (Lipinski definition) is 4. The first-order chi connectivity index (χ1) is 31.2. The summed E-state index contributed by atoms with van der Waals surface area (Å²) in [5.74, 6) is 1.98. The molecule has 0 unspecified atom stereocenters. The minimum absolute atomic E-state index is 0.658. The van der Waals surface area contributed by atoms with E-state index in [1.807, 2.05) is 36.4 Å². The van der Waals surface area contributed by atoms with Crippen LogP contribution in [-0.4, -0.2) is 24.1 Å². The van der Waals surface area contributed by atoms with Crippen molar-refractivity contribution in [2.75, 3.05) is 0 Å². The number of para-hydroxylation sites is 3. The SMILES string of the molecule is c1ccc(-c2nc(-c3ccccc3)nc(-c3cccc4c3sc3ccc(-n5c6ccccc6c6cc(-c7ccc8c(c7)c7ccccc7n8-c7ccccc7)ccc65)cc34)n2)cc1. The van der Waals surface area contributed by atoms with E-state index in [-0.39, 0.29) is 0 Å². The number of fused-ring (bicyclic) bond motifs is 9. The van der Waals surface area contributed by atoms with Crippen LogP contribution < -0.4 is 0 Å². The average molecular weight is 822 g/mol. The zero-order chi connectivity index (χ0) is 41.4. The van der Waals surface area contributed by atoms with Gasteiger partial charge >= 0.3 is 0 Å². The van der Waals surface area contributed by atoms with E-state index >= 15 is 0 Å². The summed E-state index contributed by atoms with van der Waals surface area (Å²) in [5, 5.41) is 7.35. The van der Waals surface area contributed by atoms with Gasteiger partial charge in [0.05, 0.1) is 22.1 Å². The lowest BCUT2D eigenvalue weighted by Crippen LogP contribution is -2.00. The zero-order valence-electron chi connectivity index (χ0n) is 33.9. The van der Waals surface area contributed by atoms with E-state index in [9.17, 15) is 0 Å². The normalized spacial score (nSPS) is 11.8. The molecule has 13 rings (SSSR count). The number of benzene rings is 9. The molecule has 0 radical (unpaired) electrons. The Morgan fingerprint density at radius 3 is 1.40 bits per heavy atom. The predicted octanol–water partition coefficient (Wildman–Crippen LogP) is 15.1. The van der Waals surface area contributed by atoms with Crippen LogP contribution in [0, 0.1) is 0 Å². The first-order valence-electron chi connectivity index (χ1n) is 21.2. The lowest BCUT2D eigenvalue weighted by atomic mass is 10.0. The van der Waals surface area contributed by atoms with E-state index in [0.717, 1.165) is 32.8 Å². The molecule has 0 spiro atoms. The van der Waals surface area contributed by atoms with Crippen LogP contribution in [0.1, 0.15) is 0 Å². The van der Waals surface area contributed by atoms with Crippen LogP contribution in [0.3, 0.4) is 0 Å². The smallest absolute Gasteiger partial charge is 0.165 e. The van der Waals surface area contributed by atoms with Crippen molar-refractivity contribution in [2.45, 2.75) is 0 Å². The van der Waals surface area contributed by atoms with Crippen molar-refractivity contribution < 1.29 is 0 Å². The lowest BCUT2D eigenvalue weighted by Gasteiger charge is -2.10. The topological polar surface area (TPSA) is 48.5 Å². The van der Waals surface area contributed by atoms with E-state index in [1.165, 1.54) is 70.2 Å². The summed E-state index contributed by atoms with van der Waals surface area (Å²) in [5.41, 5.74) is 12.4. The Kier molecular flexibility index (Phi) is 8.01. The molecule has 0 aliphatic carbocycles. The summed E-state index contributed by atoms with van der Waals surface area (Å²) >= 11 is 1.79. The van der Waals surface area contributed by atoms with Gasteiger partial charge in [-0.3, -0.25) is 0 Å². The van der Waals surface area contributed by atoms with Gasteiger partial charge in [0.15, 0.2) is 17.5 Å². The van der Waals surface area contributed by atoms with Crippen molar-refractivity contribution >= 4 is 75.1 Å². The molecule has 0 saturated heterocycles. The Balaban J connectivity index is 0.943. The number of hydrogen-bond donors (Lipinski definition) is 0. The molecule has 9 aromatic carbocycles. The molecule has 0 saturated carbocycles. The van der Waals surface area contributed by atoms with Gasteiger partial charge in [0.2, 0.25) is 0 Å². The summed E-state index contributed by atoms with van der Waals surface area (Å²) in [4.78, 5) is 15.1. The van der Waals surface area contributed by atoms with Crippen molar-refractivity contribution in [3.05, 3.63) is 212 Å². The van der Waals surface area contributed by atoms with Crippen molar-refractivity contribution in [1.29, 1.82) is 0 Å². The Bertz CT molecular complexity index is 3850. The maximum Gasteiger partial charge on any atom is 0.165 e. The molecule has 63 heavy (non-hydrogen) atoms. The van der Waals surface area contributed by atoms with E-state index in [0.29, 0.717) is 17.5 Å². The van der Waals surface area contributed by atoms with Crippen LogP contribution in [0.4, 0.5) is 0 Å². The summed E-state index contributed by atoms with van der Waals surface area (Å²) < 4.78 is 7.16. The number of thiophene rings is 1. The summed E-state index contributed by atoms with van der Waals surface area (Å²) in [6.45, 7) is 0. The fourth-order valence-corrected chi connectivity index (χ4v) is 10.7. The predicted molar refractivity (Wildman–Crippen MR) is 263 cm³/mol. The van der Waals surface area contributed by atoms with Crippen LogP contribution in [0.2, 0.25) is 0 Å². The second kappa shape index (κ2) is 14.2. The quantitative estimate of drug-likeness (QED) is 0.168. The van der Waals surface area contributed by atoms with Crippen molar-refractivity contribution in [2.24, 2.45) is 0 Å². The van der Waals surface area contributed by atoms with Crippen LogP contribution in [0.25, 0.3) is 120 Å². The molecule has 0 fully saturated rings. The molecular formula is C57H35N5S. The van der Waals surface area contributed by atoms with E-state index in [1.54, 1.807) is 11.3 Å². The molecule has 0 atom stereocenters. The minimum atomic E-state index is 0.658. The third-order valence-corrected chi connectivity index (χ3v) is 13.6. The van der Waals surface area contributed by atoms with Gasteiger partial charge in [0.1, 0.15) is 0 Å². The third-order valence-electron chi connectivity index (χ3n) is 12.4. The molecule has 4 aromatic heterocycles. The van der Waals surface area contributed by atoms with Crippen LogP contribution >= 0.6 is 11.3 Å². The van der Waals surface area contributed by atoms with Gasteiger partial charge in [0.25, 0.3) is 0 Å². The van der Waals surface area contributed by atoms with Crippen molar-refractivity contribution in [3.8, 4) is 56.7 Å². The fraction of sp³-hybridized carbons (Fsp3) is 0. The minimum Gasteiger partial charge on any atom is -0.309 e. The van der Waals surface area contributed by atoms with Crippen molar-refractivity contribution in [3.63, 3.8) is 0 Å². The standard InChI is InChI=1S/C57H35N5S/c1-4-15-36(16-5-1)55-58-56(37-17-6-2-7-18-37)60-57(59-55)45-24-14-23-44-48-35-41(29-32-53(48)63-54(44)45)62-50-26-13-11-22-43(50)47-34-39(28-31-52(47)62)38-27-30-51-46(33-38)42-21-10-12-25-49(42)61(51)40-19-8-3-9-20-40/h1-35H. The van der Waals surface area contributed by atoms with Crippen LogP contribution in [-0.2, 0) is 0 Å². The molecule has 0 bridgehead atoms. The molecule has 6 heteroatoms. The van der Waals surface area contributed by atoms with E-state index < -0.39 is 0 Å². The highest BCUT2D eigenvalue weighted by molar-refractivity contribution is 7.26. The first kappa shape index (κ1) is 35.6. The fourth-order valence-electron chi connectivity index (χ4n) is 9.47. The Labute approximate surface area is 366 Å². The second-order valence-corrected chi connectivity index (χ2v) is 17.1. The zero-order valence-corrected chi connectivity index (χ0v) is 34.7. The maximum atomic E-state index is 5.10.